The Labute approximate surface area is 119 Å². The molecule has 2 aliphatic rings. The summed E-state index contributed by atoms with van der Waals surface area (Å²) in [4.78, 5) is 0. The molecular formula is C17H33NO. The van der Waals surface area contributed by atoms with Crippen molar-refractivity contribution in [2.24, 2.45) is 23.5 Å². The van der Waals surface area contributed by atoms with Gasteiger partial charge in [0.2, 0.25) is 0 Å². The molecule has 0 saturated heterocycles. The Hall–Kier alpha value is -0.0800. The highest BCUT2D eigenvalue weighted by atomic mass is 16.5. The molecule has 2 fully saturated rings. The van der Waals surface area contributed by atoms with E-state index in [1.807, 2.05) is 7.11 Å². The van der Waals surface area contributed by atoms with E-state index >= 15 is 0 Å². The third-order valence-electron chi connectivity index (χ3n) is 6.11. The fourth-order valence-electron chi connectivity index (χ4n) is 4.35. The Bertz CT molecular complexity index is 270. The molecule has 0 amide bonds. The summed E-state index contributed by atoms with van der Waals surface area (Å²) in [7, 11) is 1.89. The molecule has 0 radical (unpaired) electrons. The van der Waals surface area contributed by atoms with Crippen LogP contribution in [0.25, 0.3) is 0 Å². The maximum absolute atomic E-state index is 6.72. The summed E-state index contributed by atoms with van der Waals surface area (Å²) in [6.45, 7) is 4.79. The summed E-state index contributed by atoms with van der Waals surface area (Å²) in [5.41, 5.74) is 6.69. The molecular weight excluding hydrogens is 234 g/mol. The SMILES string of the molecule is COC1(C(N)C2CCC(C)C(C)C2)CCCCCC1. The van der Waals surface area contributed by atoms with Crippen molar-refractivity contribution in [3.05, 3.63) is 0 Å². The van der Waals surface area contributed by atoms with Crippen LogP contribution in [0.2, 0.25) is 0 Å². The average molecular weight is 267 g/mol. The van der Waals surface area contributed by atoms with E-state index in [4.69, 9.17) is 10.5 Å². The van der Waals surface area contributed by atoms with Gasteiger partial charge < -0.3 is 10.5 Å². The third-order valence-corrected chi connectivity index (χ3v) is 6.11. The maximum atomic E-state index is 6.72. The minimum atomic E-state index is -0.0263. The van der Waals surface area contributed by atoms with E-state index in [1.165, 1.54) is 57.8 Å². The normalized spacial score (nSPS) is 37.6. The molecule has 0 heterocycles. The van der Waals surface area contributed by atoms with Crippen molar-refractivity contribution in [2.75, 3.05) is 7.11 Å². The summed E-state index contributed by atoms with van der Waals surface area (Å²) < 4.78 is 6.01. The molecule has 112 valence electrons. The first kappa shape index (κ1) is 15.3. The highest BCUT2D eigenvalue weighted by Crippen LogP contribution is 2.41. The monoisotopic (exact) mass is 267 g/mol. The van der Waals surface area contributed by atoms with E-state index < -0.39 is 0 Å². The topological polar surface area (TPSA) is 35.2 Å². The number of hydrogen-bond donors (Lipinski definition) is 1. The Morgan fingerprint density at radius 3 is 2.16 bits per heavy atom. The summed E-state index contributed by atoms with van der Waals surface area (Å²) in [5.74, 6) is 2.37. The van der Waals surface area contributed by atoms with Crippen LogP contribution in [0, 0.1) is 17.8 Å². The van der Waals surface area contributed by atoms with Crippen LogP contribution in [0.3, 0.4) is 0 Å². The minimum absolute atomic E-state index is 0.0263. The van der Waals surface area contributed by atoms with Gasteiger partial charge in [-0.25, -0.2) is 0 Å². The molecule has 4 unspecified atom stereocenters. The van der Waals surface area contributed by atoms with Crippen LogP contribution in [-0.4, -0.2) is 18.8 Å². The van der Waals surface area contributed by atoms with Crippen LogP contribution < -0.4 is 5.73 Å². The zero-order valence-corrected chi connectivity index (χ0v) is 13.2. The first-order valence-electron chi connectivity index (χ1n) is 8.40. The van der Waals surface area contributed by atoms with Crippen LogP contribution in [-0.2, 0) is 4.74 Å². The number of rotatable bonds is 3. The molecule has 4 atom stereocenters. The molecule has 0 aromatic carbocycles. The molecule has 2 N–H and O–H groups in total. The molecule has 2 saturated carbocycles. The van der Waals surface area contributed by atoms with Crippen LogP contribution >= 0.6 is 0 Å². The van der Waals surface area contributed by atoms with E-state index in [0.29, 0.717) is 5.92 Å². The second-order valence-electron chi connectivity index (χ2n) is 7.24. The predicted octanol–water partition coefficient (Wildman–Crippen LogP) is 4.13. The van der Waals surface area contributed by atoms with Gasteiger partial charge in [0.15, 0.2) is 0 Å². The van der Waals surface area contributed by atoms with Crippen molar-refractivity contribution in [3.63, 3.8) is 0 Å². The van der Waals surface area contributed by atoms with Crippen LogP contribution in [0.4, 0.5) is 0 Å². The third kappa shape index (κ3) is 3.33. The Morgan fingerprint density at radius 1 is 1.00 bits per heavy atom. The largest absolute Gasteiger partial charge is 0.377 e. The van der Waals surface area contributed by atoms with Crippen molar-refractivity contribution in [3.8, 4) is 0 Å². The standard InChI is InChI=1S/C17H33NO/c1-13-8-9-15(12-14(13)2)16(18)17(19-3)10-6-4-5-7-11-17/h13-16H,4-12,18H2,1-3H3. The van der Waals surface area contributed by atoms with Crippen molar-refractivity contribution in [1.82, 2.24) is 0 Å². The van der Waals surface area contributed by atoms with Crippen molar-refractivity contribution >= 4 is 0 Å². The average Bonchev–Trinajstić information content (AvgIpc) is 2.67. The van der Waals surface area contributed by atoms with Gasteiger partial charge in [0.1, 0.15) is 0 Å². The van der Waals surface area contributed by atoms with Gasteiger partial charge in [0, 0.05) is 13.2 Å². The van der Waals surface area contributed by atoms with Crippen LogP contribution in [0.5, 0.6) is 0 Å². The Balaban J connectivity index is 2.05. The van der Waals surface area contributed by atoms with Gasteiger partial charge in [-0.05, 0) is 43.4 Å². The van der Waals surface area contributed by atoms with E-state index in [1.54, 1.807) is 0 Å². The molecule has 0 aromatic rings. The van der Waals surface area contributed by atoms with Crippen LogP contribution in [0.1, 0.15) is 71.6 Å². The minimum Gasteiger partial charge on any atom is -0.377 e. The smallest absolute Gasteiger partial charge is 0.0831 e. The summed E-state index contributed by atoms with van der Waals surface area (Å²) in [6, 6.07) is 0.241. The molecule has 0 spiro atoms. The van der Waals surface area contributed by atoms with Gasteiger partial charge in [-0.1, -0.05) is 46.0 Å². The molecule has 2 nitrogen and oxygen atoms in total. The summed E-state index contributed by atoms with van der Waals surface area (Å²) in [6.07, 6.45) is 11.6. The van der Waals surface area contributed by atoms with Crippen molar-refractivity contribution in [2.45, 2.75) is 83.3 Å². The second kappa shape index (κ2) is 6.58. The highest BCUT2D eigenvalue weighted by molar-refractivity contribution is 4.97. The number of nitrogens with two attached hydrogens (primary N) is 1. The van der Waals surface area contributed by atoms with E-state index in [-0.39, 0.29) is 11.6 Å². The number of ether oxygens (including phenoxy) is 1. The van der Waals surface area contributed by atoms with Gasteiger partial charge in [0.25, 0.3) is 0 Å². The van der Waals surface area contributed by atoms with Crippen LogP contribution in [0.15, 0.2) is 0 Å². The molecule has 2 heteroatoms. The highest BCUT2D eigenvalue weighted by Gasteiger charge is 2.42. The maximum Gasteiger partial charge on any atom is 0.0831 e. The molecule has 19 heavy (non-hydrogen) atoms. The lowest BCUT2D eigenvalue weighted by molar-refractivity contribution is -0.0648. The lowest BCUT2D eigenvalue weighted by Gasteiger charge is -2.44. The van der Waals surface area contributed by atoms with Gasteiger partial charge >= 0.3 is 0 Å². The van der Waals surface area contributed by atoms with Crippen molar-refractivity contribution in [1.29, 1.82) is 0 Å². The quantitative estimate of drug-likeness (QED) is 0.780. The van der Waals surface area contributed by atoms with E-state index in [9.17, 15) is 0 Å². The lowest BCUT2D eigenvalue weighted by Crippen LogP contribution is -2.54. The molecule has 2 aliphatic carbocycles. The predicted molar refractivity (Wildman–Crippen MR) is 81.1 cm³/mol. The molecule has 0 bridgehead atoms. The van der Waals surface area contributed by atoms with Crippen molar-refractivity contribution < 1.29 is 4.74 Å². The zero-order chi connectivity index (χ0) is 13.9. The first-order valence-corrected chi connectivity index (χ1v) is 8.40. The summed E-state index contributed by atoms with van der Waals surface area (Å²) in [5, 5.41) is 0. The Kier molecular flexibility index (Phi) is 5.30. The van der Waals surface area contributed by atoms with E-state index in [0.717, 1.165) is 11.8 Å². The van der Waals surface area contributed by atoms with Gasteiger partial charge in [-0.2, -0.15) is 0 Å². The number of hydrogen-bond acceptors (Lipinski definition) is 2. The fourth-order valence-corrected chi connectivity index (χ4v) is 4.35. The molecule has 2 rings (SSSR count). The Morgan fingerprint density at radius 2 is 1.63 bits per heavy atom. The number of methoxy groups -OCH3 is 1. The second-order valence-corrected chi connectivity index (χ2v) is 7.24. The van der Waals surface area contributed by atoms with E-state index in [2.05, 4.69) is 13.8 Å². The van der Waals surface area contributed by atoms with Gasteiger partial charge in [-0.15, -0.1) is 0 Å². The zero-order valence-electron chi connectivity index (χ0n) is 13.2. The summed E-state index contributed by atoms with van der Waals surface area (Å²) >= 11 is 0. The molecule has 0 aromatic heterocycles. The molecule has 0 aliphatic heterocycles. The van der Waals surface area contributed by atoms with Gasteiger partial charge in [-0.3, -0.25) is 0 Å². The lowest BCUT2D eigenvalue weighted by atomic mass is 9.68. The first-order chi connectivity index (χ1) is 9.09. The van der Waals surface area contributed by atoms with Gasteiger partial charge in [0.05, 0.1) is 5.60 Å². The fraction of sp³-hybridized carbons (Fsp3) is 1.00.